The summed E-state index contributed by atoms with van der Waals surface area (Å²) in [6, 6.07) is 13.5. The number of carbonyl (C=O) groups excluding carboxylic acids is 1. The second-order valence-corrected chi connectivity index (χ2v) is 6.73. The molecule has 3 aromatic rings. The van der Waals surface area contributed by atoms with Gasteiger partial charge < -0.3 is 13.9 Å². The summed E-state index contributed by atoms with van der Waals surface area (Å²) in [6.07, 6.45) is -0.233. The number of benzene rings is 2. The van der Waals surface area contributed by atoms with Crippen LogP contribution in [0.3, 0.4) is 0 Å². The van der Waals surface area contributed by atoms with E-state index in [2.05, 4.69) is 0 Å². The van der Waals surface area contributed by atoms with E-state index < -0.39 is 12.1 Å². The quantitative estimate of drug-likeness (QED) is 0.470. The molecule has 5 heteroatoms. The van der Waals surface area contributed by atoms with Gasteiger partial charge in [-0.2, -0.15) is 0 Å². The average molecular weight is 380 g/mol. The van der Waals surface area contributed by atoms with Crippen LogP contribution in [0.2, 0.25) is 0 Å². The van der Waals surface area contributed by atoms with Crippen LogP contribution in [0.25, 0.3) is 11.0 Å². The largest absolute Gasteiger partial charge is 0.479 e. The number of carbonyl (C=O) groups is 1. The highest BCUT2D eigenvalue weighted by molar-refractivity contribution is 5.86. The number of hydrogen-bond acceptors (Lipinski definition) is 5. The molecule has 0 saturated heterocycles. The van der Waals surface area contributed by atoms with Crippen molar-refractivity contribution < 1.29 is 18.7 Å². The van der Waals surface area contributed by atoms with Gasteiger partial charge >= 0.3 is 11.6 Å². The zero-order valence-corrected chi connectivity index (χ0v) is 16.6. The zero-order chi connectivity index (χ0) is 20.3. The van der Waals surface area contributed by atoms with Crippen molar-refractivity contribution in [3.8, 4) is 5.75 Å². The minimum atomic E-state index is -0.749. The van der Waals surface area contributed by atoms with Crippen molar-refractivity contribution in [2.24, 2.45) is 0 Å². The Bertz CT molecular complexity index is 1050. The van der Waals surface area contributed by atoms with E-state index in [-0.39, 0.29) is 5.63 Å². The van der Waals surface area contributed by atoms with Gasteiger partial charge in [-0.25, -0.2) is 9.59 Å². The molecule has 0 spiro atoms. The Balaban J connectivity index is 1.99. The van der Waals surface area contributed by atoms with Crippen LogP contribution in [-0.2, 0) is 16.0 Å². The van der Waals surface area contributed by atoms with Gasteiger partial charge in [-0.1, -0.05) is 30.3 Å². The first-order valence-electron chi connectivity index (χ1n) is 9.35. The van der Waals surface area contributed by atoms with E-state index in [4.69, 9.17) is 13.9 Å². The van der Waals surface area contributed by atoms with Crippen LogP contribution in [-0.4, -0.2) is 18.7 Å². The molecule has 0 bridgehead atoms. The van der Waals surface area contributed by atoms with Crippen molar-refractivity contribution in [2.75, 3.05) is 6.61 Å². The molecule has 0 unspecified atom stereocenters. The third-order valence-corrected chi connectivity index (χ3v) is 4.80. The Labute approximate surface area is 163 Å². The second-order valence-electron chi connectivity index (χ2n) is 6.73. The smallest absolute Gasteiger partial charge is 0.347 e. The third-order valence-electron chi connectivity index (χ3n) is 4.80. The fraction of sp³-hybridized carbons (Fsp3) is 0.304. The highest BCUT2D eigenvalue weighted by Gasteiger charge is 2.20. The maximum atomic E-state index is 12.7. The van der Waals surface area contributed by atoms with Crippen LogP contribution < -0.4 is 10.4 Å². The van der Waals surface area contributed by atoms with E-state index in [0.717, 1.165) is 16.5 Å². The molecule has 146 valence electrons. The SMILES string of the molecule is CCOC(=O)[C@@H](C)Oc1ccc2c(C)c(Cc3ccccc3)c(=O)oc2c1C. The first-order chi connectivity index (χ1) is 13.4. The Morgan fingerprint density at radius 2 is 1.79 bits per heavy atom. The molecule has 3 rings (SSSR count). The van der Waals surface area contributed by atoms with E-state index in [9.17, 15) is 9.59 Å². The fourth-order valence-corrected chi connectivity index (χ4v) is 3.20. The molecule has 0 aliphatic rings. The number of aryl methyl sites for hydroxylation is 2. The van der Waals surface area contributed by atoms with Gasteiger partial charge in [-0.05, 0) is 51.0 Å². The van der Waals surface area contributed by atoms with E-state index in [1.807, 2.05) is 50.2 Å². The molecule has 0 aliphatic heterocycles. The van der Waals surface area contributed by atoms with Crippen molar-refractivity contribution in [2.45, 2.75) is 40.2 Å². The van der Waals surface area contributed by atoms with Crippen molar-refractivity contribution in [3.63, 3.8) is 0 Å². The van der Waals surface area contributed by atoms with Crippen LogP contribution in [0.4, 0.5) is 0 Å². The molecule has 0 radical (unpaired) electrons. The second kappa shape index (κ2) is 8.30. The number of ether oxygens (including phenoxy) is 2. The topological polar surface area (TPSA) is 65.7 Å². The lowest BCUT2D eigenvalue weighted by molar-refractivity contribution is -0.150. The molecular weight excluding hydrogens is 356 g/mol. The predicted octanol–water partition coefficient (Wildman–Crippen LogP) is 4.33. The van der Waals surface area contributed by atoms with Crippen LogP contribution in [0, 0.1) is 13.8 Å². The number of fused-ring (bicyclic) bond motifs is 1. The molecule has 1 heterocycles. The molecule has 5 nitrogen and oxygen atoms in total. The average Bonchev–Trinajstić information content (AvgIpc) is 2.68. The summed E-state index contributed by atoms with van der Waals surface area (Å²) in [5.41, 5.74) is 3.40. The summed E-state index contributed by atoms with van der Waals surface area (Å²) < 4.78 is 16.4. The molecule has 1 aromatic heterocycles. The standard InChI is InChI=1S/C23H24O5/c1-5-26-22(24)16(4)27-20-12-11-18-14(2)19(13-17-9-7-6-8-10-17)23(25)28-21(18)15(20)3/h6-12,16H,5,13H2,1-4H3/t16-/m1/s1. The van der Waals surface area contributed by atoms with Gasteiger partial charge in [0.15, 0.2) is 6.10 Å². The van der Waals surface area contributed by atoms with Crippen LogP contribution in [0.5, 0.6) is 5.75 Å². The summed E-state index contributed by atoms with van der Waals surface area (Å²) in [5.74, 6) is 0.0595. The Kier molecular flexibility index (Phi) is 5.83. The summed E-state index contributed by atoms with van der Waals surface area (Å²) >= 11 is 0. The molecule has 0 fully saturated rings. The molecule has 28 heavy (non-hydrogen) atoms. The maximum absolute atomic E-state index is 12.7. The Hall–Kier alpha value is -3.08. The number of hydrogen-bond donors (Lipinski definition) is 0. The van der Waals surface area contributed by atoms with Crippen LogP contribution >= 0.6 is 0 Å². The minimum Gasteiger partial charge on any atom is -0.479 e. The van der Waals surface area contributed by atoms with E-state index >= 15 is 0 Å². The van der Waals surface area contributed by atoms with Crippen molar-refractivity contribution >= 4 is 16.9 Å². The first kappa shape index (κ1) is 19.7. The van der Waals surface area contributed by atoms with Gasteiger partial charge in [0.2, 0.25) is 0 Å². The molecule has 2 aromatic carbocycles. The van der Waals surface area contributed by atoms with E-state index in [1.165, 1.54) is 0 Å². The Morgan fingerprint density at radius 1 is 1.07 bits per heavy atom. The lowest BCUT2D eigenvalue weighted by Crippen LogP contribution is -2.26. The number of esters is 1. The lowest BCUT2D eigenvalue weighted by atomic mass is 9.98. The van der Waals surface area contributed by atoms with Gasteiger partial charge in [0, 0.05) is 22.9 Å². The molecule has 0 amide bonds. The van der Waals surface area contributed by atoms with Gasteiger partial charge in [-0.3, -0.25) is 0 Å². The first-order valence-corrected chi connectivity index (χ1v) is 9.35. The monoisotopic (exact) mass is 380 g/mol. The summed E-state index contributed by atoms with van der Waals surface area (Å²) in [4.78, 5) is 24.5. The maximum Gasteiger partial charge on any atom is 0.347 e. The zero-order valence-electron chi connectivity index (χ0n) is 16.6. The van der Waals surface area contributed by atoms with Gasteiger partial charge in [0.05, 0.1) is 6.61 Å². The number of rotatable bonds is 6. The third kappa shape index (κ3) is 3.93. The van der Waals surface area contributed by atoms with Gasteiger partial charge in [-0.15, -0.1) is 0 Å². The fourth-order valence-electron chi connectivity index (χ4n) is 3.20. The predicted molar refractivity (Wildman–Crippen MR) is 108 cm³/mol. The summed E-state index contributed by atoms with van der Waals surface area (Å²) in [6.45, 7) is 7.41. The summed E-state index contributed by atoms with van der Waals surface area (Å²) in [7, 11) is 0. The van der Waals surface area contributed by atoms with Crippen LogP contribution in [0.1, 0.15) is 36.1 Å². The van der Waals surface area contributed by atoms with Crippen molar-refractivity contribution in [1.82, 2.24) is 0 Å². The van der Waals surface area contributed by atoms with Crippen LogP contribution in [0.15, 0.2) is 51.7 Å². The van der Waals surface area contributed by atoms with Gasteiger partial charge in [0.25, 0.3) is 0 Å². The highest BCUT2D eigenvalue weighted by atomic mass is 16.6. The van der Waals surface area contributed by atoms with Gasteiger partial charge in [0.1, 0.15) is 11.3 Å². The molecule has 0 saturated carbocycles. The highest BCUT2D eigenvalue weighted by Crippen LogP contribution is 2.30. The Morgan fingerprint density at radius 3 is 2.46 bits per heavy atom. The minimum absolute atomic E-state index is 0.293. The van der Waals surface area contributed by atoms with Crippen molar-refractivity contribution in [1.29, 1.82) is 0 Å². The molecule has 0 N–H and O–H groups in total. The van der Waals surface area contributed by atoms with E-state index in [1.54, 1.807) is 19.9 Å². The van der Waals surface area contributed by atoms with E-state index in [0.29, 0.717) is 35.5 Å². The molecular formula is C23H24O5. The van der Waals surface area contributed by atoms with Crippen molar-refractivity contribution in [3.05, 3.63) is 75.1 Å². The lowest BCUT2D eigenvalue weighted by Gasteiger charge is -2.16. The molecule has 1 atom stereocenters. The summed E-state index contributed by atoms with van der Waals surface area (Å²) in [5, 5.41) is 0.860. The molecule has 0 aliphatic carbocycles. The normalized spacial score (nSPS) is 12.0.